The molecule has 0 spiro atoms. The minimum atomic E-state index is -0.666. The van der Waals surface area contributed by atoms with E-state index in [4.69, 9.17) is 0 Å². The highest BCUT2D eigenvalue weighted by Crippen LogP contribution is 2.34. The Morgan fingerprint density at radius 3 is 2.91 bits per heavy atom. The number of nitro groups is 1. The first-order valence-corrected chi connectivity index (χ1v) is 7.71. The summed E-state index contributed by atoms with van der Waals surface area (Å²) in [5.41, 5.74) is 0.730. The van der Waals surface area contributed by atoms with Gasteiger partial charge in [-0.2, -0.15) is 0 Å². The summed E-state index contributed by atoms with van der Waals surface area (Å²) in [6.45, 7) is 1.34. The van der Waals surface area contributed by atoms with Crippen LogP contribution in [0.1, 0.15) is 24.8 Å². The summed E-state index contributed by atoms with van der Waals surface area (Å²) < 4.78 is 1.81. The average Bonchev–Trinajstić information content (AvgIpc) is 3.00. The molecule has 1 aromatic heterocycles. The summed E-state index contributed by atoms with van der Waals surface area (Å²) in [5.74, 6) is 0.643. The van der Waals surface area contributed by atoms with Crippen molar-refractivity contribution in [2.45, 2.75) is 18.9 Å². The van der Waals surface area contributed by atoms with Gasteiger partial charge >= 0.3 is 0 Å². The second-order valence-electron chi connectivity index (χ2n) is 5.94. The lowest BCUT2D eigenvalue weighted by molar-refractivity contribution is -0.384. The molecule has 1 aliphatic rings. The van der Waals surface area contributed by atoms with Crippen molar-refractivity contribution in [3.63, 3.8) is 0 Å². The molecule has 2 atom stereocenters. The van der Waals surface area contributed by atoms with E-state index in [0.717, 1.165) is 19.4 Å². The molecule has 23 heavy (non-hydrogen) atoms. The predicted molar refractivity (Wildman–Crippen MR) is 86.2 cm³/mol. The maximum absolute atomic E-state index is 11.2. The van der Waals surface area contributed by atoms with Crippen LogP contribution in [0.15, 0.2) is 36.7 Å². The van der Waals surface area contributed by atoms with E-state index < -0.39 is 6.10 Å². The molecule has 7 heteroatoms. The van der Waals surface area contributed by atoms with Gasteiger partial charge < -0.3 is 14.6 Å². The summed E-state index contributed by atoms with van der Waals surface area (Å²) in [4.78, 5) is 17.1. The molecule has 7 nitrogen and oxygen atoms in total. The van der Waals surface area contributed by atoms with Gasteiger partial charge in [0.2, 0.25) is 0 Å². The fourth-order valence-electron chi connectivity index (χ4n) is 3.25. The zero-order valence-corrected chi connectivity index (χ0v) is 13.0. The van der Waals surface area contributed by atoms with Crippen LogP contribution in [0.4, 0.5) is 11.4 Å². The zero-order valence-electron chi connectivity index (χ0n) is 13.0. The molecule has 2 aromatic rings. The lowest BCUT2D eigenvalue weighted by Gasteiger charge is -2.36. The van der Waals surface area contributed by atoms with Gasteiger partial charge in [0.25, 0.3) is 5.69 Å². The van der Waals surface area contributed by atoms with Gasteiger partial charge in [0, 0.05) is 44.5 Å². The van der Waals surface area contributed by atoms with Crippen LogP contribution in [-0.4, -0.2) is 32.7 Å². The van der Waals surface area contributed by atoms with Gasteiger partial charge in [-0.1, -0.05) is 12.1 Å². The second kappa shape index (κ2) is 6.37. The number of hydrogen-bond acceptors (Lipinski definition) is 5. The third-order valence-corrected chi connectivity index (χ3v) is 4.45. The summed E-state index contributed by atoms with van der Waals surface area (Å²) in [6, 6.07) is 6.77. The van der Waals surface area contributed by atoms with E-state index in [0.29, 0.717) is 18.1 Å². The van der Waals surface area contributed by atoms with Crippen LogP contribution in [0.3, 0.4) is 0 Å². The number of hydrogen-bond donors (Lipinski definition) is 1. The van der Waals surface area contributed by atoms with Crippen LogP contribution < -0.4 is 4.90 Å². The Hall–Kier alpha value is -2.41. The van der Waals surface area contributed by atoms with E-state index in [-0.39, 0.29) is 16.5 Å². The fraction of sp³-hybridized carbons (Fsp3) is 0.438. The highest BCUT2D eigenvalue weighted by molar-refractivity contribution is 5.63. The van der Waals surface area contributed by atoms with Gasteiger partial charge in [-0.05, 0) is 18.9 Å². The summed E-state index contributed by atoms with van der Waals surface area (Å²) in [5, 5.41) is 21.8. The number of para-hydroxylation sites is 2. The minimum absolute atomic E-state index is 0.00432. The van der Waals surface area contributed by atoms with E-state index >= 15 is 0 Å². The molecule has 122 valence electrons. The molecule has 2 heterocycles. The standard InChI is InChI=1S/C16H20N4O3/c1-18-10-8-17-16(18)15(21)12-5-4-9-19(11-12)13-6-2-3-7-14(13)20(22)23/h2-3,6-8,10,12,15,21H,4-5,9,11H2,1H3/t12-,15-/m0/s1. The van der Waals surface area contributed by atoms with Gasteiger partial charge in [-0.25, -0.2) is 4.98 Å². The molecule has 1 aromatic carbocycles. The van der Waals surface area contributed by atoms with Gasteiger partial charge in [0.05, 0.1) is 4.92 Å². The smallest absolute Gasteiger partial charge is 0.292 e. The van der Waals surface area contributed by atoms with Crippen molar-refractivity contribution in [1.29, 1.82) is 0 Å². The Morgan fingerprint density at radius 1 is 1.43 bits per heavy atom. The van der Waals surface area contributed by atoms with Crippen LogP contribution in [0.5, 0.6) is 0 Å². The number of nitrogens with zero attached hydrogens (tertiary/aromatic N) is 4. The number of rotatable bonds is 4. The fourth-order valence-corrected chi connectivity index (χ4v) is 3.25. The molecule has 0 saturated carbocycles. The number of benzene rings is 1. The molecule has 0 radical (unpaired) electrons. The van der Waals surface area contributed by atoms with Crippen molar-refractivity contribution in [1.82, 2.24) is 9.55 Å². The van der Waals surface area contributed by atoms with E-state index in [1.54, 1.807) is 30.6 Å². The normalized spacial score (nSPS) is 19.6. The minimum Gasteiger partial charge on any atom is -0.385 e. The van der Waals surface area contributed by atoms with Crippen LogP contribution in [-0.2, 0) is 7.05 Å². The van der Waals surface area contributed by atoms with Gasteiger partial charge in [-0.3, -0.25) is 10.1 Å². The maximum Gasteiger partial charge on any atom is 0.292 e. The summed E-state index contributed by atoms with van der Waals surface area (Å²) in [6.07, 6.45) is 4.58. The molecule has 1 N–H and O–H groups in total. The van der Waals surface area contributed by atoms with Crippen molar-refractivity contribution in [2.75, 3.05) is 18.0 Å². The highest BCUT2D eigenvalue weighted by Gasteiger charge is 2.31. The van der Waals surface area contributed by atoms with E-state index in [2.05, 4.69) is 4.98 Å². The number of piperidine rings is 1. The first-order valence-electron chi connectivity index (χ1n) is 7.71. The van der Waals surface area contributed by atoms with Crippen LogP contribution in [0.25, 0.3) is 0 Å². The average molecular weight is 316 g/mol. The SMILES string of the molecule is Cn1ccnc1[C@@H](O)[C@H]1CCCN(c2ccccc2[N+](=O)[O-])C1. The number of aromatic nitrogens is 2. The number of aliphatic hydroxyl groups is 1. The number of anilines is 1. The van der Waals surface area contributed by atoms with Gasteiger partial charge in [0.15, 0.2) is 0 Å². The Bertz CT molecular complexity index is 700. The molecule has 0 unspecified atom stereocenters. The number of aryl methyl sites for hydroxylation is 1. The Morgan fingerprint density at radius 2 is 2.22 bits per heavy atom. The summed E-state index contributed by atoms with van der Waals surface area (Å²) in [7, 11) is 1.86. The molecule has 3 rings (SSSR count). The van der Waals surface area contributed by atoms with Crippen molar-refractivity contribution in [3.05, 3.63) is 52.6 Å². The molecule has 0 amide bonds. The lowest BCUT2D eigenvalue weighted by Crippen LogP contribution is -2.38. The topological polar surface area (TPSA) is 84.4 Å². The van der Waals surface area contributed by atoms with Crippen LogP contribution in [0, 0.1) is 16.0 Å². The van der Waals surface area contributed by atoms with E-state index in [9.17, 15) is 15.2 Å². The third kappa shape index (κ3) is 3.05. The Kier molecular flexibility index (Phi) is 4.29. The lowest BCUT2D eigenvalue weighted by atomic mass is 9.91. The molecule has 0 aliphatic carbocycles. The number of aliphatic hydroxyl groups excluding tert-OH is 1. The summed E-state index contributed by atoms with van der Waals surface area (Å²) >= 11 is 0. The molecule has 1 fully saturated rings. The van der Waals surface area contributed by atoms with E-state index in [1.807, 2.05) is 16.5 Å². The predicted octanol–water partition coefficient (Wildman–Crippen LogP) is 2.28. The Balaban J connectivity index is 1.82. The van der Waals surface area contributed by atoms with Gasteiger partial charge in [-0.15, -0.1) is 0 Å². The van der Waals surface area contributed by atoms with Gasteiger partial charge in [0.1, 0.15) is 17.6 Å². The number of nitro benzene ring substituents is 1. The quantitative estimate of drug-likeness (QED) is 0.691. The maximum atomic E-state index is 11.2. The van der Waals surface area contributed by atoms with Crippen molar-refractivity contribution in [2.24, 2.45) is 13.0 Å². The molecule has 1 aliphatic heterocycles. The second-order valence-corrected chi connectivity index (χ2v) is 5.94. The van der Waals surface area contributed by atoms with Crippen LogP contribution in [0.2, 0.25) is 0 Å². The van der Waals surface area contributed by atoms with Crippen molar-refractivity contribution < 1.29 is 10.0 Å². The molecular weight excluding hydrogens is 296 g/mol. The molecule has 0 bridgehead atoms. The largest absolute Gasteiger partial charge is 0.385 e. The highest BCUT2D eigenvalue weighted by atomic mass is 16.6. The zero-order chi connectivity index (χ0) is 16.4. The van der Waals surface area contributed by atoms with Crippen molar-refractivity contribution >= 4 is 11.4 Å². The molecule has 1 saturated heterocycles. The molecular formula is C16H20N4O3. The first-order chi connectivity index (χ1) is 11.1. The Labute approximate surface area is 134 Å². The number of imidazole rings is 1. The first kappa shape index (κ1) is 15.5. The van der Waals surface area contributed by atoms with Crippen LogP contribution >= 0.6 is 0 Å². The monoisotopic (exact) mass is 316 g/mol. The third-order valence-electron chi connectivity index (χ3n) is 4.45. The van der Waals surface area contributed by atoms with E-state index in [1.165, 1.54) is 6.07 Å². The van der Waals surface area contributed by atoms with Crippen molar-refractivity contribution in [3.8, 4) is 0 Å².